The summed E-state index contributed by atoms with van der Waals surface area (Å²) in [4.78, 5) is 40.8. The Hall–Kier alpha value is -2.51. The fraction of sp³-hybridized carbons (Fsp3) is 0.529. The number of thiophene rings is 1. The summed E-state index contributed by atoms with van der Waals surface area (Å²) < 4.78 is 25.1. The summed E-state index contributed by atoms with van der Waals surface area (Å²) in [7, 11) is -3.73. The van der Waals surface area contributed by atoms with Crippen LogP contribution in [0, 0.1) is 0 Å². The second-order valence-corrected chi connectivity index (χ2v) is 9.66. The molecule has 5 N–H and O–H groups in total. The van der Waals surface area contributed by atoms with E-state index in [0.717, 1.165) is 17.8 Å². The minimum Gasteiger partial charge on any atom is -0.480 e. The van der Waals surface area contributed by atoms with Gasteiger partial charge < -0.3 is 15.7 Å². The maximum atomic E-state index is 12.2. The van der Waals surface area contributed by atoms with Crippen LogP contribution in [0.1, 0.15) is 34.3 Å². The van der Waals surface area contributed by atoms with Gasteiger partial charge >= 0.3 is 5.97 Å². The molecule has 0 spiro atoms. The number of nitrogens with one attached hydrogen (secondary N) is 4. The summed E-state index contributed by atoms with van der Waals surface area (Å²) in [6, 6.07) is 1.84. The standard InChI is InChI=1S/C17H25N5O6S2/c1-2-30(27,28)22-12(16(25)26)10-20-15(24)13-6-4-11(29-13)5-7-14(23)21-17-18-8-3-9-19-17/h4,6,12,22H,2-3,5,7-10H2,1H3,(H,20,24)(H,25,26)(H2,18,19,21,23)/t12-/m0/s1. The van der Waals surface area contributed by atoms with E-state index < -0.39 is 34.5 Å². The summed E-state index contributed by atoms with van der Waals surface area (Å²) in [5.41, 5.74) is 0. The molecule has 0 aromatic carbocycles. The Morgan fingerprint density at radius 2 is 2.10 bits per heavy atom. The van der Waals surface area contributed by atoms with Gasteiger partial charge in [-0.05, 0) is 31.9 Å². The molecule has 1 aliphatic rings. The van der Waals surface area contributed by atoms with E-state index in [4.69, 9.17) is 5.11 Å². The summed E-state index contributed by atoms with van der Waals surface area (Å²) in [5.74, 6) is -1.88. The molecule has 0 aliphatic carbocycles. The minimum atomic E-state index is -3.73. The number of hydrogen-bond acceptors (Lipinski definition) is 8. The second-order valence-electron chi connectivity index (χ2n) is 6.45. The number of carbonyl (C=O) groups is 3. The Bertz CT molecular complexity index is 911. The van der Waals surface area contributed by atoms with E-state index in [1.165, 1.54) is 18.3 Å². The number of hydrogen-bond donors (Lipinski definition) is 5. The SMILES string of the molecule is CCS(=O)(=O)N[C@@H](CNC(=O)c1ccc(CCC(=O)NC2=NCCCN2)s1)C(=O)O. The summed E-state index contributed by atoms with van der Waals surface area (Å²) >= 11 is 1.18. The third kappa shape index (κ3) is 7.72. The first-order valence-corrected chi connectivity index (χ1v) is 11.8. The van der Waals surface area contributed by atoms with E-state index in [9.17, 15) is 22.8 Å². The summed E-state index contributed by atoms with van der Waals surface area (Å²) in [6.07, 6.45) is 1.59. The van der Waals surface area contributed by atoms with E-state index in [1.54, 1.807) is 12.1 Å². The van der Waals surface area contributed by atoms with Crippen LogP contribution < -0.4 is 20.7 Å². The molecule has 13 heteroatoms. The van der Waals surface area contributed by atoms with Crippen molar-refractivity contribution in [1.29, 1.82) is 0 Å². The number of amides is 2. The average Bonchev–Trinajstić information content (AvgIpc) is 3.19. The number of aryl methyl sites for hydroxylation is 1. The molecule has 1 aromatic rings. The summed E-state index contributed by atoms with van der Waals surface area (Å²) in [5, 5.41) is 17.3. The smallest absolute Gasteiger partial charge is 0.323 e. The van der Waals surface area contributed by atoms with Crippen LogP contribution in [-0.2, 0) is 26.0 Å². The van der Waals surface area contributed by atoms with Crippen molar-refractivity contribution < 1.29 is 27.9 Å². The maximum Gasteiger partial charge on any atom is 0.323 e. The largest absolute Gasteiger partial charge is 0.480 e. The van der Waals surface area contributed by atoms with Crippen LogP contribution in [0.15, 0.2) is 17.1 Å². The van der Waals surface area contributed by atoms with Crippen LogP contribution in [0.3, 0.4) is 0 Å². The van der Waals surface area contributed by atoms with Gasteiger partial charge in [-0.2, -0.15) is 4.72 Å². The number of aliphatic imine (C=N–C) groups is 1. The molecular weight excluding hydrogens is 434 g/mol. The molecule has 2 rings (SSSR count). The fourth-order valence-corrected chi connectivity index (χ4v) is 4.15. The molecule has 166 valence electrons. The normalized spacial score (nSPS) is 14.9. The van der Waals surface area contributed by atoms with Gasteiger partial charge in [0.1, 0.15) is 6.04 Å². The van der Waals surface area contributed by atoms with Crippen LogP contribution in [0.25, 0.3) is 0 Å². The van der Waals surface area contributed by atoms with Crippen LogP contribution in [0.4, 0.5) is 0 Å². The minimum absolute atomic E-state index is 0.185. The second kappa shape index (κ2) is 11.0. The predicted octanol–water partition coefficient (Wildman–Crippen LogP) is -0.731. The lowest BCUT2D eigenvalue weighted by atomic mass is 10.2. The molecule has 0 saturated heterocycles. The zero-order chi connectivity index (χ0) is 22.1. The number of carboxylic acid groups (broad SMARTS) is 1. The molecule has 0 bridgehead atoms. The summed E-state index contributed by atoms with van der Waals surface area (Å²) in [6.45, 7) is 2.43. The van der Waals surface area contributed by atoms with Crippen molar-refractivity contribution in [3.8, 4) is 0 Å². The van der Waals surface area contributed by atoms with Gasteiger partial charge in [0.25, 0.3) is 5.91 Å². The van der Waals surface area contributed by atoms with Gasteiger partial charge in [0.2, 0.25) is 15.9 Å². The molecule has 0 fully saturated rings. The van der Waals surface area contributed by atoms with Crippen molar-refractivity contribution in [3.63, 3.8) is 0 Å². The van der Waals surface area contributed by atoms with Crippen LogP contribution in [0.5, 0.6) is 0 Å². The van der Waals surface area contributed by atoms with Gasteiger partial charge in [-0.1, -0.05) is 0 Å². The van der Waals surface area contributed by atoms with Gasteiger partial charge in [-0.25, -0.2) is 8.42 Å². The number of rotatable bonds is 10. The molecule has 1 atom stereocenters. The van der Waals surface area contributed by atoms with Gasteiger partial charge in [0.15, 0.2) is 5.96 Å². The van der Waals surface area contributed by atoms with E-state index >= 15 is 0 Å². The third-order valence-electron chi connectivity index (χ3n) is 4.11. The molecule has 2 amide bonds. The van der Waals surface area contributed by atoms with Crippen LogP contribution >= 0.6 is 11.3 Å². The molecule has 11 nitrogen and oxygen atoms in total. The van der Waals surface area contributed by atoms with Gasteiger partial charge in [0.05, 0.1) is 10.6 Å². The maximum absolute atomic E-state index is 12.2. The Kier molecular flexibility index (Phi) is 8.74. The van der Waals surface area contributed by atoms with Crippen molar-refractivity contribution in [2.24, 2.45) is 4.99 Å². The topological polar surface area (TPSA) is 166 Å². The number of nitrogens with zero attached hydrogens (tertiary/aromatic N) is 1. The number of aliphatic carboxylic acids is 1. The van der Waals surface area contributed by atoms with Crippen molar-refractivity contribution in [1.82, 2.24) is 20.7 Å². The first-order valence-electron chi connectivity index (χ1n) is 9.38. The molecule has 2 heterocycles. The lowest BCUT2D eigenvalue weighted by Crippen LogP contribution is -2.48. The first-order chi connectivity index (χ1) is 14.2. The highest BCUT2D eigenvalue weighted by Crippen LogP contribution is 2.18. The zero-order valence-corrected chi connectivity index (χ0v) is 18.1. The predicted molar refractivity (Wildman–Crippen MR) is 112 cm³/mol. The Balaban J connectivity index is 1.82. The number of carbonyl (C=O) groups excluding carboxylic acids is 2. The molecule has 30 heavy (non-hydrogen) atoms. The molecule has 1 aliphatic heterocycles. The first kappa shape index (κ1) is 23.8. The molecule has 0 unspecified atom stereocenters. The monoisotopic (exact) mass is 459 g/mol. The van der Waals surface area contributed by atoms with E-state index in [0.29, 0.717) is 23.8 Å². The number of carboxylic acids is 1. The molecule has 1 aromatic heterocycles. The van der Waals surface area contributed by atoms with Crippen molar-refractivity contribution in [2.45, 2.75) is 32.2 Å². The van der Waals surface area contributed by atoms with E-state index in [-0.39, 0.29) is 18.1 Å². The number of guanidine groups is 1. The lowest BCUT2D eigenvalue weighted by Gasteiger charge is -2.14. The van der Waals surface area contributed by atoms with Gasteiger partial charge in [-0.15, -0.1) is 11.3 Å². The average molecular weight is 460 g/mol. The zero-order valence-electron chi connectivity index (χ0n) is 16.4. The van der Waals surface area contributed by atoms with Gasteiger partial charge in [0, 0.05) is 30.9 Å². The van der Waals surface area contributed by atoms with E-state index in [2.05, 4.69) is 20.9 Å². The van der Waals surface area contributed by atoms with Crippen LogP contribution in [-0.4, -0.2) is 68.7 Å². The Labute approximate surface area is 178 Å². The van der Waals surface area contributed by atoms with Crippen molar-refractivity contribution >= 4 is 45.1 Å². The Morgan fingerprint density at radius 1 is 1.33 bits per heavy atom. The fourth-order valence-electron chi connectivity index (χ4n) is 2.44. The molecule has 0 saturated carbocycles. The molecular formula is C17H25N5O6S2. The quantitative estimate of drug-likeness (QED) is 0.307. The van der Waals surface area contributed by atoms with E-state index in [1.807, 2.05) is 4.72 Å². The van der Waals surface area contributed by atoms with Crippen molar-refractivity contribution in [2.75, 3.05) is 25.4 Å². The van der Waals surface area contributed by atoms with Crippen molar-refractivity contribution in [3.05, 3.63) is 21.9 Å². The number of sulfonamides is 1. The molecule has 0 radical (unpaired) electrons. The lowest BCUT2D eigenvalue weighted by molar-refractivity contribution is -0.138. The van der Waals surface area contributed by atoms with Gasteiger partial charge in [-0.3, -0.25) is 24.7 Å². The third-order valence-corrected chi connectivity index (χ3v) is 6.65. The highest BCUT2D eigenvalue weighted by atomic mass is 32.2. The highest BCUT2D eigenvalue weighted by molar-refractivity contribution is 7.89. The van der Waals surface area contributed by atoms with Crippen LogP contribution in [0.2, 0.25) is 0 Å². The highest BCUT2D eigenvalue weighted by Gasteiger charge is 2.24. The Morgan fingerprint density at radius 3 is 2.73 bits per heavy atom.